The fraction of sp³-hybridized carbons (Fsp3) is 0.480. The van der Waals surface area contributed by atoms with E-state index >= 15 is 0 Å². The number of likely N-dealkylation sites (tertiary alicyclic amines) is 1. The van der Waals surface area contributed by atoms with E-state index in [4.69, 9.17) is 25.8 Å². The van der Waals surface area contributed by atoms with Crippen molar-refractivity contribution in [3.05, 3.63) is 53.6 Å². The van der Waals surface area contributed by atoms with Crippen LogP contribution in [-0.4, -0.2) is 43.6 Å². The van der Waals surface area contributed by atoms with Crippen molar-refractivity contribution in [2.24, 2.45) is 5.92 Å². The molecule has 2 aromatic carbocycles. The van der Waals surface area contributed by atoms with Crippen LogP contribution < -0.4 is 14.2 Å². The van der Waals surface area contributed by atoms with Crippen LogP contribution in [0, 0.1) is 5.92 Å². The maximum Gasteiger partial charge on any atom is 0.254 e. The first-order valence-electron chi connectivity index (χ1n) is 10.9. The Morgan fingerprint density at radius 3 is 2.29 bits per heavy atom. The van der Waals surface area contributed by atoms with Crippen LogP contribution in [0.4, 0.5) is 0 Å². The molecule has 166 valence electrons. The number of halogens is 1. The van der Waals surface area contributed by atoms with E-state index in [9.17, 15) is 4.79 Å². The minimum absolute atomic E-state index is 0.0441. The topological polar surface area (TPSA) is 48.0 Å². The number of methoxy groups -OCH3 is 3. The van der Waals surface area contributed by atoms with Gasteiger partial charge in [0.1, 0.15) is 0 Å². The molecule has 1 aliphatic carbocycles. The summed E-state index contributed by atoms with van der Waals surface area (Å²) in [6.07, 6.45) is 5.15. The zero-order chi connectivity index (χ0) is 22.0. The Hall–Kier alpha value is -2.40. The summed E-state index contributed by atoms with van der Waals surface area (Å²) in [4.78, 5) is 15.6. The van der Waals surface area contributed by atoms with Crippen molar-refractivity contribution in [3.63, 3.8) is 0 Å². The molecule has 1 aliphatic heterocycles. The number of piperidine rings is 1. The van der Waals surface area contributed by atoms with Gasteiger partial charge in [-0.25, -0.2) is 0 Å². The number of hydrogen-bond donors (Lipinski definition) is 0. The van der Waals surface area contributed by atoms with Crippen LogP contribution in [-0.2, 0) is 0 Å². The zero-order valence-electron chi connectivity index (χ0n) is 18.4. The van der Waals surface area contributed by atoms with E-state index in [0.29, 0.717) is 29.4 Å². The second kappa shape index (κ2) is 8.99. The normalized spacial score (nSPS) is 25.5. The standard InChI is InChI=1S/C25H30ClNO4/c1-29-20-15-18(16-21(30-2)23(20)31-3)24(28)27-14-13-25(26)12-8-7-11-19(25)22(27)17-9-5-4-6-10-17/h4-6,9-10,15-16,19,22H,7-8,11-14H2,1-3H3/t19-,22-,25-/m0/s1. The summed E-state index contributed by atoms with van der Waals surface area (Å²) >= 11 is 7.18. The van der Waals surface area contributed by atoms with Crippen LogP contribution in [0.5, 0.6) is 17.2 Å². The van der Waals surface area contributed by atoms with Crippen molar-refractivity contribution >= 4 is 17.5 Å². The maximum atomic E-state index is 13.8. The van der Waals surface area contributed by atoms with E-state index < -0.39 is 0 Å². The SMILES string of the molecule is COc1cc(C(=O)N2CC[C@@]3(Cl)CCCC[C@H]3[C@@H]2c2ccccc2)cc(OC)c1OC. The predicted octanol–water partition coefficient (Wildman–Crippen LogP) is 5.47. The van der Waals surface area contributed by atoms with E-state index in [1.54, 1.807) is 33.5 Å². The smallest absolute Gasteiger partial charge is 0.254 e. The summed E-state index contributed by atoms with van der Waals surface area (Å²) in [7, 11) is 4.67. The molecule has 0 N–H and O–H groups in total. The second-order valence-corrected chi connectivity index (χ2v) is 9.16. The molecule has 1 amide bonds. The Morgan fingerprint density at radius 2 is 1.68 bits per heavy atom. The third kappa shape index (κ3) is 3.96. The fourth-order valence-electron chi connectivity index (χ4n) is 5.30. The highest BCUT2D eigenvalue weighted by Gasteiger charge is 2.50. The molecule has 1 saturated carbocycles. The lowest BCUT2D eigenvalue weighted by atomic mass is 9.68. The van der Waals surface area contributed by atoms with Crippen LogP contribution in [0.3, 0.4) is 0 Å². The van der Waals surface area contributed by atoms with Gasteiger partial charge < -0.3 is 19.1 Å². The summed E-state index contributed by atoms with van der Waals surface area (Å²) in [5, 5.41) is 0. The van der Waals surface area contributed by atoms with Crippen molar-refractivity contribution in [1.82, 2.24) is 4.90 Å². The lowest BCUT2D eigenvalue weighted by molar-refractivity contribution is 0.0279. The van der Waals surface area contributed by atoms with Crippen LogP contribution in [0.1, 0.15) is 54.1 Å². The van der Waals surface area contributed by atoms with Gasteiger partial charge in [0.25, 0.3) is 5.91 Å². The van der Waals surface area contributed by atoms with Crippen molar-refractivity contribution < 1.29 is 19.0 Å². The Kier molecular flexibility index (Phi) is 6.33. The molecule has 6 heteroatoms. The lowest BCUT2D eigenvalue weighted by Crippen LogP contribution is -2.53. The fourth-order valence-corrected chi connectivity index (χ4v) is 5.75. The number of hydrogen-bond acceptors (Lipinski definition) is 4. The van der Waals surface area contributed by atoms with Gasteiger partial charge in [0.2, 0.25) is 5.75 Å². The van der Waals surface area contributed by atoms with E-state index in [0.717, 1.165) is 37.7 Å². The average Bonchev–Trinajstić information content (AvgIpc) is 2.82. The minimum atomic E-state index is -0.245. The third-order valence-corrected chi connectivity index (χ3v) is 7.48. The number of ether oxygens (including phenoxy) is 3. The molecule has 0 radical (unpaired) electrons. The maximum absolute atomic E-state index is 13.8. The van der Waals surface area contributed by atoms with Crippen molar-refractivity contribution in [1.29, 1.82) is 0 Å². The molecule has 0 spiro atoms. The first kappa shape index (κ1) is 21.8. The first-order chi connectivity index (χ1) is 15.0. The quantitative estimate of drug-likeness (QED) is 0.575. The summed E-state index contributed by atoms with van der Waals surface area (Å²) < 4.78 is 16.4. The largest absolute Gasteiger partial charge is 0.493 e. The van der Waals surface area contributed by atoms with Gasteiger partial charge in [-0.2, -0.15) is 0 Å². The molecular weight excluding hydrogens is 414 g/mol. The van der Waals surface area contributed by atoms with E-state index in [2.05, 4.69) is 12.1 Å². The Bertz CT molecular complexity index is 909. The number of fused-ring (bicyclic) bond motifs is 1. The molecule has 0 bridgehead atoms. The number of carbonyl (C=O) groups is 1. The molecule has 4 rings (SSSR count). The molecule has 31 heavy (non-hydrogen) atoms. The number of alkyl halides is 1. The molecule has 3 atom stereocenters. The molecule has 2 fully saturated rings. The minimum Gasteiger partial charge on any atom is -0.493 e. The monoisotopic (exact) mass is 443 g/mol. The molecule has 2 aliphatic rings. The molecule has 1 saturated heterocycles. The van der Waals surface area contributed by atoms with E-state index in [1.807, 2.05) is 23.1 Å². The number of amides is 1. The van der Waals surface area contributed by atoms with Crippen molar-refractivity contribution in [3.8, 4) is 17.2 Å². The molecule has 2 aromatic rings. The lowest BCUT2D eigenvalue weighted by Gasteiger charge is -2.52. The number of nitrogens with zero attached hydrogens (tertiary/aromatic N) is 1. The highest BCUT2D eigenvalue weighted by molar-refractivity contribution is 6.24. The molecule has 0 aromatic heterocycles. The molecule has 1 heterocycles. The van der Waals surface area contributed by atoms with Crippen LogP contribution in [0.2, 0.25) is 0 Å². The van der Waals surface area contributed by atoms with E-state index in [-0.39, 0.29) is 22.7 Å². The Labute approximate surface area is 189 Å². The Morgan fingerprint density at radius 1 is 1.00 bits per heavy atom. The van der Waals surface area contributed by atoms with Gasteiger partial charge in [-0.05, 0) is 37.0 Å². The summed E-state index contributed by atoms with van der Waals surface area (Å²) in [6, 6.07) is 13.7. The van der Waals surface area contributed by atoms with Crippen LogP contribution >= 0.6 is 11.6 Å². The number of carbonyl (C=O) groups excluding carboxylic acids is 1. The summed E-state index contributed by atoms with van der Waals surface area (Å²) in [5.74, 6) is 1.61. The highest BCUT2D eigenvalue weighted by Crippen LogP contribution is 2.53. The molecule has 5 nitrogen and oxygen atoms in total. The van der Waals surface area contributed by atoms with Crippen LogP contribution in [0.25, 0.3) is 0 Å². The number of benzene rings is 2. The Balaban J connectivity index is 1.76. The van der Waals surface area contributed by atoms with Crippen LogP contribution in [0.15, 0.2) is 42.5 Å². The third-order valence-electron chi connectivity index (χ3n) is 6.82. The van der Waals surface area contributed by atoms with Crippen molar-refractivity contribution in [2.45, 2.75) is 43.0 Å². The summed E-state index contributed by atoms with van der Waals surface area (Å²) in [6.45, 7) is 0.620. The number of rotatable bonds is 5. The van der Waals surface area contributed by atoms with Gasteiger partial charge >= 0.3 is 0 Å². The average molecular weight is 444 g/mol. The zero-order valence-corrected chi connectivity index (χ0v) is 19.2. The van der Waals surface area contributed by atoms with Gasteiger partial charge in [-0.3, -0.25) is 4.79 Å². The second-order valence-electron chi connectivity index (χ2n) is 8.40. The van der Waals surface area contributed by atoms with Gasteiger partial charge in [0.15, 0.2) is 11.5 Å². The van der Waals surface area contributed by atoms with Gasteiger partial charge in [-0.15, -0.1) is 11.6 Å². The molecular formula is C25H30ClNO4. The van der Waals surface area contributed by atoms with Crippen molar-refractivity contribution in [2.75, 3.05) is 27.9 Å². The first-order valence-corrected chi connectivity index (χ1v) is 11.2. The highest BCUT2D eigenvalue weighted by atomic mass is 35.5. The van der Waals surface area contributed by atoms with Gasteiger partial charge in [0, 0.05) is 18.0 Å². The van der Waals surface area contributed by atoms with E-state index in [1.165, 1.54) is 0 Å². The van der Waals surface area contributed by atoms with Gasteiger partial charge in [-0.1, -0.05) is 43.2 Å². The molecule has 0 unspecified atom stereocenters. The summed E-state index contributed by atoms with van der Waals surface area (Å²) in [5.41, 5.74) is 1.66. The van der Waals surface area contributed by atoms with Gasteiger partial charge in [0.05, 0.1) is 32.2 Å². The predicted molar refractivity (Wildman–Crippen MR) is 121 cm³/mol.